The minimum atomic E-state index is -0.944. The number of methoxy groups -OCH3 is 1. The summed E-state index contributed by atoms with van der Waals surface area (Å²) in [5.74, 6) is -0.965. The number of anilines is 1. The largest absolute Gasteiger partial charge is 0.469 e. The van der Waals surface area contributed by atoms with Crippen molar-refractivity contribution in [2.45, 2.75) is 64.5 Å². The Hall–Kier alpha value is -2.95. The molecule has 0 saturated carbocycles. The van der Waals surface area contributed by atoms with E-state index in [-0.39, 0.29) is 24.5 Å². The van der Waals surface area contributed by atoms with Gasteiger partial charge in [-0.2, -0.15) is 4.98 Å². The number of carbonyl (C=O) groups is 2. The minimum Gasteiger partial charge on any atom is -0.469 e. The molecule has 11 heteroatoms. The first-order valence-corrected chi connectivity index (χ1v) is 9.48. The van der Waals surface area contributed by atoms with Gasteiger partial charge in [-0.25, -0.2) is 14.3 Å². The molecule has 0 amide bonds. The Morgan fingerprint density at radius 3 is 2.83 bits per heavy atom. The SMILES string of the molecule is CCCCn1c(=O)n([C@@H]2O[C@H](CC(=O)OC)C[C@H]2OC(C)=O)c2nc(N)ncc21. The fourth-order valence-corrected chi connectivity index (χ4v) is 3.50. The van der Waals surface area contributed by atoms with Crippen LogP contribution in [0.15, 0.2) is 11.0 Å². The summed E-state index contributed by atoms with van der Waals surface area (Å²) >= 11 is 0. The third-order valence-corrected chi connectivity index (χ3v) is 4.80. The number of nitrogens with zero attached hydrogens (tertiary/aromatic N) is 4. The van der Waals surface area contributed by atoms with Gasteiger partial charge in [0.1, 0.15) is 11.6 Å². The summed E-state index contributed by atoms with van der Waals surface area (Å²) in [5, 5.41) is 0. The number of carbonyl (C=O) groups excluding carboxylic acids is 2. The molecule has 0 aromatic carbocycles. The predicted octanol–water partition coefficient (Wildman–Crippen LogP) is 0.758. The maximum absolute atomic E-state index is 13.2. The molecular formula is C18H25N5O6. The second kappa shape index (κ2) is 8.60. The van der Waals surface area contributed by atoms with Crippen LogP contribution in [-0.2, 0) is 30.3 Å². The van der Waals surface area contributed by atoms with E-state index < -0.39 is 30.4 Å². The Morgan fingerprint density at radius 1 is 1.41 bits per heavy atom. The zero-order chi connectivity index (χ0) is 21.1. The van der Waals surface area contributed by atoms with Gasteiger partial charge < -0.3 is 19.9 Å². The van der Waals surface area contributed by atoms with E-state index in [0.29, 0.717) is 17.7 Å². The Bertz CT molecular complexity index is 968. The third-order valence-electron chi connectivity index (χ3n) is 4.80. The molecule has 0 bridgehead atoms. The summed E-state index contributed by atoms with van der Waals surface area (Å²) in [6.07, 6.45) is 1.12. The van der Waals surface area contributed by atoms with Crippen LogP contribution >= 0.6 is 0 Å². The highest BCUT2D eigenvalue weighted by Crippen LogP contribution is 2.34. The molecule has 0 spiro atoms. The number of aryl methyl sites for hydroxylation is 1. The van der Waals surface area contributed by atoms with Crippen LogP contribution in [0.5, 0.6) is 0 Å². The van der Waals surface area contributed by atoms with Crippen molar-refractivity contribution < 1.29 is 23.8 Å². The Kier molecular flexibility index (Phi) is 6.16. The van der Waals surface area contributed by atoms with Crippen LogP contribution in [0, 0.1) is 0 Å². The average Bonchev–Trinajstić information content (AvgIpc) is 3.16. The van der Waals surface area contributed by atoms with Crippen molar-refractivity contribution in [2.75, 3.05) is 12.8 Å². The summed E-state index contributed by atoms with van der Waals surface area (Å²) in [5.41, 5.74) is 6.18. The first-order chi connectivity index (χ1) is 13.8. The topological polar surface area (TPSA) is 141 Å². The fraction of sp³-hybridized carbons (Fsp3) is 0.611. The zero-order valence-electron chi connectivity index (χ0n) is 16.7. The van der Waals surface area contributed by atoms with E-state index in [1.54, 1.807) is 4.57 Å². The summed E-state index contributed by atoms with van der Waals surface area (Å²) in [4.78, 5) is 44.7. The Morgan fingerprint density at radius 2 is 2.17 bits per heavy atom. The van der Waals surface area contributed by atoms with Crippen LogP contribution < -0.4 is 11.4 Å². The van der Waals surface area contributed by atoms with Gasteiger partial charge in [0, 0.05) is 19.9 Å². The van der Waals surface area contributed by atoms with E-state index in [9.17, 15) is 14.4 Å². The second-order valence-electron chi connectivity index (χ2n) is 6.91. The summed E-state index contributed by atoms with van der Waals surface area (Å²) in [6.45, 7) is 3.77. The molecule has 2 N–H and O–H groups in total. The smallest absolute Gasteiger partial charge is 0.332 e. The van der Waals surface area contributed by atoms with Crippen molar-refractivity contribution in [1.29, 1.82) is 0 Å². The van der Waals surface area contributed by atoms with Gasteiger partial charge in [0.15, 0.2) is 11.9 Å². The summed E-state index contributed by atoms with van der Waals surface area (Å²) in [7, 11) is 1.28. The Balaban J connectivity index is 2.07. The third kappa shape index (κ3) is 4.24. The van der Waals surface area contributed by atoms with E-state index >= 15 is 0 Å². The van der Waals surface area contributed by atoms with E-state index in [1.807, 2.05) is 6.92 Å². The number of hydrogen-bond acceptors (Lipinski definition) is 9. The van der Waals surface area contributed by atoms with Gasteiger partial charge in [0.05, 0.1) is 25.8 Å². The lowest BCUT2D eigenvalue weighted by Crippen LogP contribution is -2.33. The maximum atomic E-state index is 13.2. The number of imidazole rings is 1. The van der Waals surface area contributed by atoms with E-state index in [1.165, 1.54) is 24.8 Å². The number of fused-ring (bicyclic) bond motifs is 1. The average molecular weight is 407 g/mol. The molecule has 3 rings (SSSR count). The monoisotopic (exact) mass is 407 g/mol. The van der Waals surface area contributed by atoms with Crippen LogP contribution in [0.1, 0.15) is 45.8 Å². The van der Waals surface area contributed by atoms with Crippen LogP contribution in [0.2, 0.25) is 0 Å². The first kappa shape index (κ1) is 20.8. The fourth-order valence-electron chi connectivity index (χ4n) is 3.50. The van der Waals surface area contributed by atoms with E-state index in [0.717, 1.165) is 12.8 Å². The van der Waals surface area contributed by atoms with Crippen molar-refractivity contribution in [2.24, 2.45) is 0 Å². The molecule has 1 fully saturated rings. The highest BCUT2D eigenvalue weighted by atomic mass is 16.6. The van der Waals surface area contributed by atoms with Crippen LogP contribution in [-0.4, -0.2) is 50.4 Å². The van der Waals surface area contributed by atoms with Crippen LogP contribution in [0.25, 0.3) is 11.2 Å². The normalized spacial score (nSPS) is 21.4. The van der Waals surface area contributed by atoms with Crippen molar-refractivity contribution in [1.82, 2.24) is 19.1 Å². The molecule has 0 aliphatic carbocycles. The van der Waals surface area contributed by atoms with Crippen molar-refractivity contribution in [3.8, 4) is 0 Å². The highest BCUT2D eigenvalue weighted by molar-refractivity contribution is 5.72. The minimum absolute atomic E-state index is 0.00651. The molecule has 1 aliphatic heterocycles. The number of unbranched alkanes of at least 4 members (excludes halogenated alkanes) is 1. The number of rotatable bonds is 7. The molecule has 3 heterocycles. The van der Waals surface area contributed by atoms with Gasteiger partial charge in [-0.1, -0.05) is 13.3 Å². The molecule has 1 saturated heterocycles. The lowest BCUT2D eigenvalue weighted by atomic mass is 10.1. The van der Waals surface area contributed by atoms with E-state index in [2.05, 4.69) is 9.97 Å². The molecule has 3 atom stereocenters. The van der Waals surface area contributed by atoms with Crippen molar-refractivity contribution >= 4 is 29.1 Å². The molecular weight excluding hydrogens is 382 g/mol. The first-order valence-electron chi connectivity index (χ1n) is 9.48. The van der Waals surface area contributed by atoms with Crippen LogP contribution in [0.4, 0.5) is 5.95 Å². The molecule has 2 aromatic heterocycles. The molecule has 0 unspecified atom stereocenters. The van der Waals surface area contributed by atoms with Gasteiger partial charge >= 0.3 is 17.6 Å². The number of nitrogens with two attached hydrogens (primary N) is 1. The lowest BCUT2D eigenvalue weighted by molar-refractivity contribution is -0.153. The number of aromatic nitrogens is 4. The molecule has 158 valence electrons. The van der Waals surface area contributed by atoms with Gasteiger partial charge in [-0.15, -0.1) is 0 Å². The molecule has 29 heavy (non-hydrogen) atoms. The van der Waals surface area contributed by atoms with Gasteiger partial charge in [0.25, 0.3) is 0 Å². The second-order valence-corrected chi connectivity index (χ2v) is 6.91. The maximum Gasteiger partial charge on any atom is 0.332 e. The van der Waals surface area contributed by atoms with Crippen molar-refractivity contribution in [3.05, 3.63) is 16.7 Å². The number of nitrogen functional groups attached to an aromatic ring is 1. The predicted molar refractivity (Wildman–Crippen MR) is 102 cm³/mol. The van der Waals surface area contributed by atoms with Crippen molar-refractivity contribution in [3.63, 3.8) is 0 Å². The van der Waals surface area contributed by atoms with Crippen LogP contribution in [0.3, 0.4) is 0 Å². The number of ether oxygens (including phenoxy) is 3. The van der Waals surface area contributed by atoms with E-state index in [4.69, 9.17) is 19.9 Å². The quantitative estimate of drug-likeness (QED) is 0.658. The highest BCUT2D eigenvalue weighted by Gasteiger charge is 2.42. The molecule has 11 nitrogen and oxygen atoms in total. The van der Waals surface area contributed by atoms with Gasteiger partial charge in [0.2, 0.25) is 5.95 Å². The molecule has 0 radical (unpaired) electrons. The summed E-state index contributed by atoms with van der Waals surface area (Å²) in [6, 6.07) is 0. The van der Waals surface area contributed by atoms with Gasteiger partial charge in [-0.3, -0.25) is 14.2 Å². The molecule has 2 aromatic rings. The summed E-state index contributed by atoms with van der Waals surface area (Å²) < 4.78 is 18.9. The zero-order valence-corrected chi connectivity index (χ0v) is 16.7. The molecule has 1 aliphatic rings. The standard InChI is InChI=1S/C18H25N5O6/c1-4-5-6-22-12-9-20-17(19)21-15(12)23(18(22)26)16-13(28-10(2)24)7-11(29-16)8-14(25)27-3/h9,11,13,16H,4-8H2,1-3H3,(H2,19,20,21)/t11-,13+,16+/m0/s1. The van der Waals surface area contributed by atoms with Gasteiger partial charge in [-0.05, 0) is 6.42 Å². The lowest BCUT2D eigenvalue weighted by Gasteiger charge is -2.19. The number of hydrogen-bond donors (Lipinski definition) is 1. The number of esters is 2. The Labute approximate surface area is 166 Å².